The summed E-state index contributed by atoms with van der Waals surface area (Å²) in [5, 5.41) is 3.32. The highest BCUT2D eigenvalue weighted by Gasteiger charge is 2.06. The Morgan fingerprint density at radius 3 is 2.25 bits per heavy atom. The third kappa shape index (κ3) is 4.70. The van der Waals surface area contributed by atoms with Crippen LogP contribution in [0.25, 0.3) is 0 Å². The van der Waals surface area contributed by atoms with E-state index in [1.54, 1.807) is 0 Å². The zero-order valence-corrected chi connectivity index (χ0v) is 12.8. The number of hydrogen-bond acceptors (Lipinski definition) is 2. The van der Waals surface area contributed by atoms with Crippen LogP contribution in [0.4, 0.5) is 5.69 Å². The van der Waals surface area contributed by atoms with Gasteiger partial charge in [-0.25, -0.2) is 0 Å². The molecule has 0 fully saturated rings. The van der Waals surface area contributed by atoms with E-state index in [4.69, 9.17) is 5.73 Å². The maximum absolute atomic E-state index is 5.94. The number of hydrogen-bond donors (Lipinski definition) is 2. The van der Waals surface area contributed by atoms with Gasteiger partial charge in [-0.15, -0.1) is 12.8 Å². The molecule has 1 aromatic carbocycles. The molecule has 0 saturated heterocycles. The maximum Gasteiger partial charge on any atom is 0.0414 e. The molecule has 0 atom stereocenters. The van der Waals surface area contributed by atoms with Crippen LogP contribution in [0.3, 0.4) is 0 Å². The summed E-state index contributed by atoms with van der Waals surface area (Å²) in [6, 6.07) is 6.29. The fourth-order valence-corrected chi connectivity index (χ4v) is 1.85. The lowest BCUT2D eigenvalue weighted by molar-refractivity contribution is 1.25. The molecule has 0 aliphatic carbocycles. The van der Waals surface area contributed by atoms with E-state index < -0.39 is 0 Å². The fraction of sp³-hybridized carbons (Fsp3) is 0.222. The second-order valence-electron chi connectivity index (χ2n) is 4.37. The summed E-state index contributed by atoms with van der Waals surface area (Å²) >= 11 is 0. The number of rotatable bonds is 4. The van der Waals surface area contributed by atoms with Crippen LogP contribution in [-0.4, -0.2) is 0 Å². The van der Waals surface area contributed by atoms with Crippen LogP contribution in [0.15, 0.2) is 53.9 Å². The minimum absolute atomic E-state index is 0.736. The molecule has 106 valence electrons. The van der Waals surface area contributed by atoms with Crippen LogP contribution in [0.2, 0.25) is 0 Å². The first kappa shape index (κ1) is 17.6. The van der Waals surface area contributed by atoms with Crippen molar-refractivity contribution in [1.82, 2.24) is 0 Å². The van der Waals surface area contributed by atoms with E-state index >= 15 is 0 Å². The SMILES string of the molecule is C#C.C=C(Nc1ccc(C)cc1C)C(=C/C)/C(N)=C\C. The Bertz CT molecular complexity index is 546. The second kappa shape index (κ2) is 8.66. The summed E-state index contributed by atoms with van der Waals surface area (Å²) in [5.41, 5.74) is 12.0. The molecule has 0 amide bonds. The number of anilines is 1. The van der Waals surface area contributed by atoms with Crippen molar-refractivity contribution < 1.29 is 0 Å². The number of nitrogens with two attached hydrogens (primary N) is 1. The maximum atomic E-state index is 5.94. The van der Waals surface area contributed by atoms with Gasteiger partial charge in [0.15, 0.2) is 0 Å². The van der Waals surface area contributed by atoms with Crippen molar-refractivity contribution in [3.8, 4) is 12.8 Å². The van der Waals surface area contributed by atoms with E-state index in [-0.39, 0.29) is 0 Å². The van der Waals surface area contributed by atoms with Crippen molar-refractivity contribution in [2.45, 2.75) is 27.7 Å². The number of allylic oxidation sites excluding steroid dienone is 2. The van der Waals surface area contributed by atoms with Gasteiger partial charge >= 0.3 is 0 Å². The highest BCUT2D eigenvalue weighted by Crippen LogP contribution is 2.21. The average molecular weight is 268 g/mol. The summed E-state index contributed by atoms with van der Waals surface area (Å²) in [6.45, 7) is 12.1. The van der Waals surface area contributed by atoms with Crippen molar-refractivity contribution in [1.29, 1.82) is 0 Å². The van der Waals surface area contributed by atoms with Crippen LogP contribution < -0.4 is 11.1 Å². The smallest absolute Gasteiger partial charge is 0.0414 e. The number of nitrogens with one attached hydrogen (secondary N) is 1. The lowest BCUT2D eigenvalue weighted by Crippen LogP contribution is -2.09. The summed E-state index contributed by atoms with van der Waals surface area (Å²) in [6.07, 6.45) is 11.8. The zero-order valence-electron chi connectivity index (χ0n) is 12.8. The molecule has 0 saturated carbocycles. The predicted octanol–water partition coefficient (Wildman–Crippen LogP) is 4.29. The van der Waals surface area contributed by atoms with E-state index in [9.17, 15) is 0 Å². The van der Waals surface area contributed by atoms with Gasteiger partial charge in [0, 0.05) is 22.7 Å². The monoisotopic (exact) mass is 268 g/mol. The molecule has 3 N–H and O–H groups in total. The van der Waals surface area contributed by atoms with Gasteiger partial charge in [0.05, 0.1) is 0 Å². The van der Waals surface area contributed by atoms with Crippen LogP contribution >= 0.6 is 0 Å². The van der Waals surface area contributed by atoms with Gasteiger partial charge in [-0.2, -0.15) is 0 Å². The van der Waals surface area contributed by atoms with Crippen LogP contribution in [0, 0.1) is 26.7 Å². The highest BCUT2D eigenvalue weighted by atomic mass is 14.9. The van der Waals surface area contributed by atoms with Gasteiger partial charge in [-0.05, 0) is 39.3 Å². The Morgan fingerprint density at radius 1 is 1.20 bits per heavy atom. The van der Waals surface area contributed by atoms with E-state index in [0.717, 1.165) is 22.7 Å². The molecule has 0 bridgehead atoms. The molecule has 0 spiro atoms. The molecule has 2 heteroatoms. The van der Waals surface area contributed by atoms with Gasteiger partial charge in [-0.1, -0.05) is 36.4 Å². The standard InChI is InChI=1S/C16H22N2.C2H2/c1-6-14(15(17)7-2)13(5)18-16-9-8-11(3)10-12(16)4;1-2/h6-10,18H,5,17H2,1-4H3;1-2H/b14-6-,15-7+;. The van der Waals surface area contributed by atoms with E-state index in [2.05, 4.69) is 56.8 Å². The molecular weight excluding hydrogens is 244 g/mol. The van der Waals surface area contributed by atoms with Crippen LogP contribution in [-0.2, 0) is 0 Å². The van der Waals surface area contributed by atoms with Crippen LogP contribution in [0.1, 0.15) is 25.0 Å². The lowest BCUT2D eigenvalue weighted by atomic mass is 10.1. The predicted molar refractivity (Wildman–Crippen MR) is 90.3 cm³/mol. The Kier molecular flexibility index (Phi) is 7.62. The largest absolute Gasteiger partial charge is 0.398 e. The topological polar surface area (TPSA) is 38.0 Å². The quantitative estimate of drug-likeness (QED) is 0.631. The molecule has 1 aromatic rings. The molecule has 0 unspecified atom stereocenters. The molecular formula is C18H24N2. The number of aryl methyl sites for hydroxylation is 2. The van der Waals surface area contributed by atoms with Gasteiger partial charge in [0.1, 0.15) is 0 Å². The van der Waals surface area contributed by atoms with Crippen molar-refractivity contribution >= 4 is 5.69 Å². The Hall–Kier alpha value is -2.40. The van der Waals surface area contributed by atoms with Crippen molar-refractivity contribution in [2.24, 2.45) is 5.73 Å². The summed E-state index contributed by atoms with van der Waals surface area (Å²) in [5.74, 6) is 0. The van der Waals surface area contributed by atoms with Crippen molar-refractivity contribution in [2.75, 3.05) is 5.32 Å². The van der Waals surface area contributed by atoms with Gasteiger partial charge in [-0.3, -0.25) is 0 Å². The summed E-state index contributed by atoms with van der Waals surface area (Å²) in [7, 11) is 0. The van der Waals surface area contributed by atoms with E-state index in [1.165, 1.54) is 11.1 Å². The van der Waals surface area contributed by atoms with Crippen molar-refractivity contribution in [3.05, 3.63) is 65.0 Å². The fourth-order valence-electron chi connectivity index (χ4n) is 1.85. The van der Waals surface area contributed by atoms with Gasteiger partial charge < -0.3 is 11.1 Å². The second-order valence-corrected chi connectivity index (χ2v) is 4.37. The molecule has 0 aliphatic heterocycles. The summed E-state index contributed by atoms with van der Waals surface area (Å²) < 4.78 is 0. The van der Waals surface area contributed by atoms with E-state index in [0.29, 0.717) is 0 Å². The Morgan fingerprint density at radius 2 is 1.80 bits per heavy atom. The Labute approximate surface area is 123 Å². The van der Waals surface area contributed by atoms with Crippen LogP contribution in [0.5, 0.6) is 0 Å². The third-order valence-electron chi connectivity index (χ3n) is 2.90. The van der Waals surface area contributed by atoms with Crippen molar-refractivity contribution in [3.63, 3.8) is 0 Å². The minimum Gasteiger partial charge on any atom is -0.398 e. The summed E-state index contributed by atoms with van der Waals surface area (Å²) in [4.78, 5) is 0. The minimum atomic E-state index is 0.736. The number of benzene rings is 1. The first-order chi connectivity index (χ1) is 9.49. The van der Waals surface area contributed by atoms with Gasteiger partial charge in [0.2, 0.25) is 0 Å². The molecule has 0 aromatic heterocycles. The van der Waals surface area contributed by atoms with Gasteiger partial charge in [0.25, 0.3) is 0 Å². The Balaban J connectivity index is 0.00000172. The molecule has 20 heavy (non-hydrogen) atoms. The molecule has 2 nitrogen and oxygen atoms in total. The lowest BCUT2D eigenvalue weighted by Gasteiger charge is -2.15. The highest BCUT2D eigenvalue weighted by molar-refractivity contribution is 5.60. The normalized spacial score (nSPS) is 11.3. The third-order valence-corrected chi connectivity index (χ3v) is 2.90. The number of terminal acetylenes is 1. The average Bonchev–Trinajstić information content (AvgIpc) is 2.44. The molecule has 1 rings (SSSR count). The molecule has 0 radical (unpaired) electrons. The molecule has 0 heterocycles. The first-order valence-electron chi connectivity index (χ1n) is 6.45. The first-order valence-corrected chi connectivity index (χ1v) is 6.45. The van der Waals surface area contributed by atoms with E-state index in [1.807, 2.05) is 26.0 Å². The molecule has 0 aliphatic rings. The zero-order chi connectivity index (χ0) is 15.7.